The van der Waals surface area contributed by atoms with E-state index in [1.807, 2.05) is 0 Å². The molecule has 0 aromatic rings. The Hall–Kier alpha value is -1.58. The van der Waals surface area contributed by atoms with E-state index in [1.54, 1.807) is 6.92 Å². The van der Waals surface area contributed by atoms with Crippen molar-refractivity contribution in [1.29, 1.82) is 5.41 Å². The van der Waals surface area contributed by atoms with E-state index >= 15 is 0 Å². The van der Waals surface area contributed by atoms with Gasteiger partial charge in [-0.2, -0.15) is 0 Å². The predicted molar refractivity (Wildman–Crippen MR) is 49.9 cm³/mol. The first kappa shape index (κ1) is 11.4. The van der Waals surface area contributed by atoms with Crippen LogP contribution in [0.15, 0.2) is 23.5 Å². The number of esters is 1. The fourth-order valence-corrected chi connectivity index (χ4v) is 0.690. The summed E-state index contributed by atoms with van der Waals surface area (Å²) in [5, 5.41) is 15.8. The SMILES string of the molecule is CCOC(=O)C(C=CC=N)=C(C)O. The predicted octanol–water partition coefficient (Wildman–Crippen LogP) is 1.59. The second-order valence-electron chi connectivity index (χ2n) is 2.25. The fourth-order valence-electron chi connectivity index (χ4n) is 0.690. The number of nitrogens with one attached hydrogen (secondary N) is 1. The van der Waals surface area contributed by atoms with Crippen LogP contribution in [0.25, 0.3) is 0 Å². The number of ether oxygens (including phenoxy) is 1. The molecule has 0 aliphatic rings. The van der Waals surface area contributed by atoms with Crippen LogP contribution in [-0.2, 0) is 9.53 Å². The minimum atomic E-state index is -0.583. The molecule has 0 bridgehead atoms. The summed E-state index contributed by atoms with van der Waals surface area (Å²) in [6.45, 7) is 3.33. The zero-order valence-electron chi connectivity index (χ0n) is 7.70. The van der Waals surface area contributed by atoms with Crippen molar-refractivity contribution in [3.8, 4) is 0 Å². The summed E-state index contributed by atoms with van der Waals surface area (Å²) in [6.07, 6.45) is 3.69. The number of hydrogen-bond acceptors (Lipinski definition) is 4. The Morgan fingerprint density at radius 1 is 1.62 bits per heavy atom. The van der Waals surface area contributed by atoms with Crippen molar-refractivity contribution < 1.29 is 14.6 Å². The molecule has 0 aromatic carbocycles. The molecule has 0 aliphatic carbocycles. The summed E-state index contributed by atoms with van der Waals surface area (Å²) in [4.78, 5) is 11.1. The Morgan fingerprint density at radius 2 is 2.23 bits per heavy atom. The molecule has 0 spiro atoms. The van der Waals surface area contributed by atoms with E-state index in [1.165, 1.54) is 19.1 Å². The Kier molecular flexibility index (Phi) is 5.27. The van der Waals surface area contributed by atoms with E-state index in [0.717, 1.165) is 6.21 Å². The van der Waals surface area contributed by atoms with Gasteiger partial charge in [0.1, 0.15) is 5.76 Å². The Morgan fingerprint density at radius 3 is 2.62 bits per heavy atom. The molecule has 2 N–H and O–H groups in total. The van der Waals surface area contributed by atoms with Gasteiger partial charge in [0, 0.05) is 6.21 Å². The van der Waals surface area contributed by atoms with Gasteiger partial charge in [-0.15, -0.1) is 0 Å². The van der Waals surface area contributed by atoms with Gasteiger partial charge in [0.2, 0.25) is 0 Å². The molecular formula is C9H13NO3. The topological polar surface area (TPSA) is 70.4 Å². The summed E-state index contributed by atoms with van der Waals surface area (Å²) < 4.78 is 4.68. The number of allylic oxidation sites excluding steroid dienone is 2. The molecule has 0 atom stereocenters. The Labute approximate surface area is 77.0 Å². The molecule has 4 heteroatoms. The van der Waals surface area contributed by atoms with Gasteiger partial charge in [0.25, 0.3) is 0 Å². The molecule has 0 heterocycles. The van der Waals surface area contributed by atoms with E-state index in [9.17, 15) is 4.79 Å². The molecule has 4 nitrogen and oxygen atoms in total. The maximum absolute atomic E-state index is 11.1. The lowest BCUT2D eigenvalue weighted by atomic mass is 10.2. The van der Waals surface area contributed by atoms with E-state index in [4.69, 9.17) is 10.5 Å². The highest BCUT2D eigenvalue weighted by Gasteiger charge is 2.09. The van der Waals surface area contributed by atoms with Crippen molar-refractivity contribution in [2.75, 3.05) is 6.61 Å². The van der Waals surface area contributed by atoms with Crippen molar-refractivity contribution in [2.24, 2.45) is 0 Å². The second-order valence-corrected chi connectivity index (χ2v) is 2.25. The van der Waals surface area contributed by atoms with Gasteiger partial charge >= 0.3 is 5.97 Å². The molecule has 0 fully saturated rings. The average molecular weight is 183 g/mol. The quantitative estimate of drug-likeness (QED) is 0.228. The lowest BCUT2D eigenvalue weighted by Crippen LogP contribution is -2.07. The zero-order valence-corrected chi connectivity index (χ0v) is 7.70. The maximum atomic E-state index is 11.1. The van der Waals surface area contributed by atoms with Gasteiger partial charge in [-0.25, -0.2) is 4.79 Å². The van der Waals surface area contributed by atoms with Gasteiger partial charge in [0.05, 0.1) is 12.2 Å². The molecule has 0 saturated carbocycles. The first-order valence-corrected chi connectivity index (χ1v) is 3.87. The fraction of sp³-hybridized carbons (Fsp3) is 0.333. The third-order valence-electron chi connectivity index (χ3n) is 1.24. The Balaban J connectivity index is 4.63. The molecule has 0 aromatic heterocycles. The van der Waals surface area contributed by atoms with Crippen molar-refractivity contribution in [2.45, 2.75) is 13.8 Å². The van der Waals surface area contributed by atoms with Gasteiger partial charge < -0.3 is 15.3 Å². The van der Waals surface area contributed by atoms with Crippen LogP contribution in [-0.4, -0.2) is 23.9 Å². The molecular weight excluding hydrogens is 170 g/mol. The van der Waals surface area contributed by atoms with Crippen LogP contribution in [0.4, 0.5) is 0 Å². The monoisotopic (exact) mass is 183 g/mol. The number of aliphatic hydroxyl groups is 1. The van der Waals surface area contributed by atoms with E-state index in [0.29, 0.717) is 0 Å². The first-order chi connectivity index (χ1) is 6.13. The molecule has 0 unspecified atom stereocenters. The van der Waals surface area contributed by atoms with Crippen molar-refractivity contribution >= 4 is 12.2 Å². The van der Waals surface area contributed by atoms with Gasteiger partial charge in [-0.05, 0) is 26.0 Å². The van der Waals surface area contributed by atoms with Crippen LogP contribution in [0.2, 0.25) is 0 Å². The van der Waals surface area contributed by atoms with Crippen molar-refractivity contribution in [1.82, 2.24) is 0 Å². The lowest BCUT2D eigenvalue weighted by Gasteiger charge is -2.02. The van der Waals surface area contributed by atoms with Crippen LogP contribution in [0.1, 0.15) is 13.8 Å². The molecule has 0 saturated heterocycles. The maximum Gasteiger partial charge on any atom is 0.341 e. The van der Waals surface area contributed by atoms with Crippen LogP contribution < -0.4 is 0 Å². The average Bonchev–Trinajstić information content (AvgIpc) is 2.05. The van der Waals surface area contributed by atoms with Crippen LogP contribution in [0.3, 0.4) is 0 Å². The summed E-state index contributed by atoms with van der Waals surface area (Å²) in [5.74, 6) is -0.697. The van der Waals surface area contributed by atoms with Crippen LogP contribution >= 0.6 is 0 Å². The summed E-state index contributed by atoms with van der Waals surface area (Å²) in [7, 11) is 0. The molecule has 0 rings (SSSR count). The van der Waals surface area contributed by atoms with Crippen molar-refractivity contribution in [3.05, 3.63) is 23.5 Å². The minimum absolute atomic E-state index is 0.0744. The highest BCUT2D eigenvalue weighted by molar-refractivity contribution is 5.93. The van der Waals surface area contributed by atoms with E-state index in [2.05, 4.69) is 4.74 Å². The van der Waals surface area contributed by atoms with Gasteiger partial charge in [0.15, 0.2) is 0 Å². The summed E-state index contributed by atoms with van der Waals surface area (Å²) in [5.41, 5.74) is 0.0744. The third kappa shape index (κ3) is 4.10. The standard InChI is InChI=1S/C9H13NO3/c1-3-13-9(12)8(7(2)11)5-4-6-10/h4-6,10-11H,3H2,1-2H3. The van der Waals surface area contributed by atoms with Crippen molar-refractivity contribution in [3.63, 3.8) is 0 Å². The summed E-state index contributed by atoms with van der Waals surface area (Å²) in [6, 6.07) is 0. The highest BCUT2D eigenvalue weighted by atomic mass is 16.5. The first-order valence-electron chi connectivity index (χ1n) is 3.87. The number of hydrogen-bond donors (Lipinski definition) is 2. The Bertz CT molecular complexity index is 250. The van der Waals surface area contributed by atoms with Gasteiger partial charge in [-0.1, -0.05) is 0 Å². The van der Waals surface area contributed by atoms with Gasteiger partial charge in [-0.3, -0.25) is 0 Å². The van der Waals surface area contributed by atoms with Crippen LogP contribution in [0.5, 0.6) is 0 Å². The second kappa shape index (κ2) is 5.99. The molecule has 0 amide bonds. The van der Waals surface area contributed by atoms with E-state index in [-0.39, 0.29) is 17.9 Å². The minimum Gasteiger partial charge on any atom is -0.512 e. The highest BCUT2D eigenvalue weighted by Crippen LogP contribution is 2.05. The molecule has 0 radical (unpaired) electrons. The number of carbonyl (C=O) groups is 1. The number of carbonyl (C=O) groups excluding carboxylic acids is 1. The largest absolute Gasteiger partial charge is 0.512 e. The molecule has 13 heavy (non-hydrogen) atoms. The van der Waals surface area contributed by atoms with E-state index < -0.39 is 5.97 Å². The lowest BCUT2D eigenvalue weighted by molar-refractivity contribution is -0.138. The normalized spacial score (nSPS) is 12.5. The third-order valence-corrected chi connectivity index (χ3v) is 1.24. The zero-order chi connectivity index (χ0) is 10.3. The smallest absolute Gasteiger partial charge is 0.341 e. The molecule has 0 aliphatic heterocycles. The molecule has 72 valence electrons. The summed E-state index contributed by atoms with van der Waals surface area (Å²) >= 11 is 0. The number of rotatable bonds is 4. The van der Waals surface area contributed by atoms with Crippen LogP contribution in [0, 0.1) is 5.41 Å². The number of aliphatic hydroxyl groups excluding tert-OH is 1.